The zero-order chi connectivity index (χ0) is 25.9. The van der Waals surface area contributed by atoms with Crippen molar-refractivity contribution in [3.05, 3.63) is 65.3 Å². The number of aromatic hydroxyl groups is 1. The van der Waals surface area contributed by atoms with E-state index in [1.165, 1.54) is 0 Å². The van der Waals surface area contributed by atoms with Crippen molar-refractivity contribution < 1.29 is 26.3 Å². The Morgan fingerprint density at radius 1 is 1.00 bits per heavy atom. The molecule has 0 aliphatic carbocycles. The molecule has 190 valence electrons. The zero-order valence-electron chi connectivity index (χ0n) is 18.6. The molecule has 3 N–H and O–H groups in total. The number of rotatable bonds is 10. The van der Waals surface area contributed by atoms with Gasteiger partial charge in [-0.1, -0.05) is 12.1 Å². The third-order valence-corrected chi connectivity index (χ3v) is 8.51. The van der Waals surface area contributed by atoms with E-state index in [1.807, 2.05) is 0 Å². The minimum absolute atomic E-state index is 0.0840. The molecule has 0 bridgehead atoms. The summed E-state index contributed by atoms with van der Waals surface area (Å²) < 4.78 is 65.4. The van der Waals surface area contributed by atoms with E-state index in [4.69, 9.17) is 0 Å². The SMILES string of the molecule is O=S(=O)(CF)c1ccc(S(=O)(=O)NCCCNc2cc(-c3ccccc3O)nc3c(Br)cnn23)cc1. The monoisotopic (exact) mass is 597 g/mol. The van der Waals surface area contributed by atoms with Crippen molar-refractivity contribution in [2.45, 2.75) is 16.2 Å². The number of phenolic OH excluding ortho intramolecular Hbond substituents is 1. The number of hydrogen-bond donors (Lipinski definition) is 3. The number of nitrogens with one attached hydrogen (secondary N) is 2. The first kappa shape index (κ1) is 26.0. The number of sulfonamides is 1. The highest BCUT2D eigenvalue weighted by atomic mass is 79.9. The summed E-state index contributed by atoms with van der Waals surface area (Å²) in [7, 11) is -7.95. The van der Waals surface area contributed by atoms with Crippen LogP contribution < -0.4 is 10.0 Å². The van der Waals surface area contributed by atoms with E-state index >= 15 is 0 Å². The molecule has 0 fully saturated rings. The fourth-order valence-electron chi connectivity index (χ4n) is 3.37. The van der Waals surface area contributed by atoms with Crippen LogP contribution in [0.4, 0.5) is 10.2 Å². The van der Waals surface area contributed by atoms with Crippen LogP contribution in [-0.2, 0) is 19.9 Å². The average Bonchev–Trinajstić information content (AvgIpc) is 3.24. The summed E-state index contributed by atoms with van der Waals surface area (Å²) in [5, 5.41) is 17.7. The van der Waals surface area contributed by atoms with Gasteiger partial charge in [-0.25, -0.2) is 30.9 Å². The maximum Gasteiger partial charge on any atom is 0.240 e. The fraction of sp³-hybridized carbons (Fsp3) is 0.182. The van der Waals surface area contributed by atoms with Gasteiger partial charge in [0.1, 0.15) is 11.6 Å². The highest BCUT2D eigenvalue weighted by Gasteiger charge is 2.18. The van der Waals surface area contributed by atoms with Crippen LogP contribution in [0.3, 0.4) is 0 Å². The maximum atomic E-state index is 12.6. The van der Waals surface area contributed by atoms with Crippen LogP contribution in [0.1, 0.15) is 6.42 Å². The second-order valence-corrected chi connectivity index (χ2v) is 12.2. The van der Waals surface area contributed by atoms with E-state index < -0.39 is 25.9 Å². The Balaban J connectivity index is 1.42. The first-order chi connectivity index (χ1) is 17.1. The highest BCUT2D eigenvalue weighted by Crippen LogP contribution is 2.31. The third kappa shape index (κ3) is 5.51. The van der Waals surface area contributed by atoms with Gasteiger partial charge in [0.05, 0.1) is 26.2 Å². The van der Waals surface area contributed by atoms with Gasteiger partial charge in [0.2, 0.25) is 19.9 Å². The van der Waals surface area contributed by atoms with Gasteiger partial charge in [0.15, 0.2) is 11.7 Å². The molecule has 4 rings (SSSR count). The quantitative estimate of drug-likeness (QED) is 0.236. The van der Waals surface area contributed by atoms with Crippen molar-refractivity contribution in [3.63, 3.8) is 0 Å². The second kappa shape index (κ2) is 10.5. The fourth-order valence-corrected chi connectivity index (χ4v) is 5.47. The molecule has 4 aromatic rings. The number of alkyl halides is 1. The lowest BCUT2D eigenvalue weighted by Crippen LogP contribution is -2.26. The predicted molar refractivity (Wildman–Crippen MR) is 136 cm³/mol. The lowest BCUT2D eigenvalue weighted by Gasteiger charge is -2.12. The number of sulfone groups is 1. The van der Waals surface area contributed by atoms with Crippen LogP contribution in [0.2, 0.25) is 0 Å². The van der Waals surface area contributed by atoms with Crippen LogP contribution in [0.15, 0.2) is 75.1 Å². The Morgan fingerprint density at radius 3 is 2.39 bits per heavy atom. The standard InChI is InChI=1S/C22H21BrFN5O5S2/c23-18-13-26-29-21(12-19(28-22(18)29)17-4-1-2-5-20(17)30)25-10-3-11-27-36(33,34)16-8-6-15(7-9-16)35(31,32)14-24/h1-2,4-9,12-13,25,27,30H,3,10-11,14H2. The van der Waals surface area contributed by atoms with E-state index in [-0.39, 0.29) is 22.1 Å². The molecule has 0 aliphatic heterocycles. The smallest absolute Gasteiger partial charge is 0.240 e. The Hall–Kier alpha value is -3.07. The van der Waals surface area contributed by atoms with E-state index in [1.54, 1.807) is 41.0 Å². The number of aromatic nitrogens is 3. The van der Waals surface area contributed by atoms with Crippen molar-refractivity contribution in [1.82, 2.24) is 19.3 Å². The summed E-state index contributed by atoms with van der Waals surface area (Å²) in [6.07, 6.45) is 2.01. The number of benzene rings is 2. The summed E-state index contributed by atoms with van der Waals surface area (Å²) in [5.41, 5.74) is 1.62. The topological polar surface area (TPSA) is 143 Å². The first-order valence-corrected chi connectivity index (χ1v) is 14.5. The summed E-state index contributed by atoms with van der Waals surface area (Å²) >= 11 is 3.42. The van der Waals surface area contributed by atoms with Crippen LogP contribution in [-0.4, -0.2) is 55.6 Å². The van der Waals surface area contributed by atoms with E-state index in [2.05, 4.69) is 36.1 Å². The number of hydrogen-bond acceptors (Lipinski definition) is 8. The van der Waals surface area contributed by atoms with Gasteiger partial charge in [-0.05, 0) is 58.7 Å². The maximum absolute atomic E-state index is 12.6. The largest absolute Gasteiger partial charge is 0.507 e. The summed E-state index contributed by atoms with van der Waals surface area (Å²) in [6.45, 7) is 0.482. The molecule has 0 unspecified atom stereocenters. The number of halogens is 2. The van der Waals surface area contributed by atoms with E-state index in [9.17, 15) is 26.3 Å². The lowest BCUT2D eigenvalue weighted by atomic mass is 10.1. The van der Waals surface area contributed by atoms with Gasteiger partial charge in [-0.2, -0.15) is 9.61 Å². The Bertz CT molecular complexity index is 1610. The Labute approximate surface area is 215 Å². The summed E-state index contributed by atoms with van der Waals surface area (Å²) in [6, 6.07) is 11.4. The van der Waals surface area contributed by atoms with Crippen LogP contribution in [0.25, 0.3) is 16.9 Å². The van der Waals surface area contributed by atoms with Crippen LogP contribution in [0.5, 0.6) is 5.75 Å². The van der Waals surface area contributed by atoms with Gasteiger partial charge >= 0.3 is 0 Å². The lowest BCUT2D eigenvalue weighted by molar-refractivity contribution is 0.477. The van der Waals surface area contributed by atoms with Crippen molar-refractivity contribution in [1.29, 1.82) is 0 Å². The number of para-hydroxylation sites is 1. The molecule has 2 aromatic heterocycles. The van der Waals surface area contributed by atoms with Gasteiger partial charge in [0, 0.05) is 24.7 Å². The molecular formula is C22H21BrFN5O5S2. The number of phenols is 1. The zero-order valence-corrected chi connectivity index (χ0v) is 21.8. The molecule has 0 radical (unpaired) electrons. The van der Waals surface area contributed by atoms with Gasteiger partial charge in [-0.15, -0.1) is 0 Å². The van der Waals surface area contributed by atoms with Crippen molar-refractivity contribution >= 4 is 47.3 Å². The molecule has 0 amide bonds. The van der Waals surface area contributed by atoms with Gasteiger partial charge < -0.3 is 10.4 Å². The average molecular weight is 598 g/mol. The third-order valence-electron chi connectivity index (χ3n) is 5.20. The highest BCUT2D eigenvalue weighted by molar-refractivity contribution is 9.10. The first-order valence-electron chi connectivity index (χ1n) is 10.6. The van der Waals surface area contributed by atoms with Gasteiger partial charge in [0.25, 0.3) is 0 Å². The van der Waals surface area contributed by atoms with E-state index in [0.29, 0.717) is 40.2 Å². The molecule has 14 heteroatoms. The van der Waals surface area contributed by atoms with Crippen molar-refractivity contribution in [2.75, 3.05) is 24.4 Å². The predicted octanol–water partition coefficient (Wildman–Crippen LogP) is 3.35. The number of fused-ring (bicyclic) bond motifs is 1. The molecule has 0 aliphatic rings. The molecule has 10 nitrogen and oxygen atoms in total. The van der Waals surface area contributed by atoms with Gasteiger partial charge in [-0.3, -0.25) is 0 Å². The molecule has 0 saturated heterocycles. The summed E-state index contributed by atoms with van der Waals surface area (Å²) in [5.74, 6) is 0.678. The Kier molecular flexibility index (Phi) is 7.59. The molecule has 2 heterocycles. The van der Waals surface area contributed by atoms with Crippen LogP contribution in [0, 0.1) is 0 Å². The molecule has 0 saturated carbocycles. The second-order valence-electron chi connectivity index (χ2n) is 7.65. The molecule has 0 atom stereocenters. The normalized spacial score (nSPS) is 12.2. The molecular weight excluding hydrogens is 577 g/mol. The van der Waals surface area contributed by atoms with Crippen LogP contribution >= 0.6 is 15.9 Å². The molecule has 2 aromatic carbocycles. The molecule has 36 heavy (non-hydrogen) atoms. The van der Waals surface area contributed by atoms with Crippen molar-refractivity contribution in [3.8, 4) is 17.0 Å². The molecule has 0 spiro atoms. The van der Waals surface area contributed by atoms with Crippen molar-refractivity contribution in [2.24, 2.45) is 0 Å². The minimum Gasteiger partial charge on any atom is -0.507 e. The Morgan fingerprint density at radius 2 is 1.69 bits per heavy atom. The minimum atomic E-state index is -4.07. The number of nitrogens with zero attached hydrogens (tertiary/aromatic N) is 3. The van der Waals surface area contributed by atoms with E-state index in [0.717, 1.165) is 24.3 Å². The summed E-state index contributed by atoms with van der Waals surface area (Å²) in [4.78, 5) is 4.15. The number of anilines is 1.